The van der Waals surface area contributed by atoms with Gasteiger partial charge in [0.15, 0.2) is 0 Å². The molecule has 20 heavy (non-hydrogen) atoms. The molecule has 1 fully saturated rings. The molecule has 1 aromatic rings. The molecule has 0 bridgehead atoms. The van der Waals surface area contributed by atoms with E-state index in [1.165, 1.54) is 0 Å². The zero-order valence-electron chi connectivity index (χ0n) is 12.0. The van der Waals surface area contributed by atoms with E-state index >= 15 is 0 Å². The maximum atomic E-state index is 12.3. The Morgan fingerprint density at radius 2 is 2.30 bits per heavy atom. The summed E-state index contributed by atoms with van der Waals surface area (Å²) >= 11 is 6.00. The van der Waals surface area contributed by atoms with Crippen LogP contribution in [0.15, 0.2) is 18.3 Å². The van der Waals surface area contributed by atoms with Crippen LogP contribution in [-0.4, -0.2) is 41.2 Å². The van der Waals surface area contributed by atoms with E-state index in [1.807, 2.05) is 20.8 Å². The van der Waals surface area contributed by atoms with Gasteiger partial charge < -0.3 is 10.1 Å². The van der Waals surface area contributed by atoms with Gasteiger partial charge in [0, 0.05) is 30.9 Å². The summed E-state index contributed by atoms with van der Waals surface area (Å²) in [5.74, 6) is 0. The van der Waals surface area contributed by atoms with Gasteiger partial charge in [0.05, 0.1) is 11.7 Å². The maximum absolute atomic E-state index is 12.3. The second-order valence-electron chi connectivity index (χ2n) is 5.79. The summed E-state index contributed by atoms with van der Waals surface area (Å²) in [5, 5.41) is 3.88. The van der Waals surface area contributed by atoms with Crippen LogP contribution in [0.1, 0.15) is 32.5 Å². The van der Waals surface area contributed by atoms with Crippen molar-refractivity contribution in [1.29, 1.82) is 0 Å². The number of ether oxygens (including phenoxy) is 1. The SMILES string of the molecule is CC(C)(C)OC(=O)N1CCNCC1c1cc(Cl)ccn1. The molecule has 1 N–H and O–H groups in total. The first-order valence-corrected chi connectivity index (χ1v) is 7.06. The maximum Gasteiger partial charge on any atom is 0.410 e. The van der Waals surface area contributed by atoms with E-state index in [0.717, 1.165) is 12.2 Å². The van der Waals surface area contributed by atoms with Crippen molar-refractivity contribution in [2.45, 2.75) is 32.4 Å². The second kappa shape index (κ2) is 5.97. The molecule has 2 rings (SSSR count). The lowest BCUT2D eigenvalue weighted by Crippen LogP contribution is -2.50. The Hall–Kier alpha value is -1.33. The monoisotopic (exact) mass is 297 g/mol. The number of amides is 1. The fourth-order valence-electron chi connectivity index (χ4n) is 2.11. The van der Waals surface area contributed by atoms with Crippen LogP contribution in [0.5, 0.6) is 0 Å². The third-order valence-corrected chi connectivity index (χ3v) is 3.19. The highest BCUT2D eigenvalue weighted by Gasteiger charge is 2.32. The number of carbonyl (C=O) groups excluding carboxylic acids is 1. The van der Waals surface area contributed by atoms with Gasteiger partial charge in [-0.25, -0.2) is 4.79 Å². The average Bonchev–Trinajstić information content (AvgIpc) is 2.37. The molecule has 0 aliphatic carbocycles. The molecule has 1 aromatic heterocycles. The first-order valence-electron chi connectivity index (χ1n) is 6.68. The van der Waals surface area contributed by atoms with Crippen molar-refractivity contribution in [3.63, 3.8) is 0 Å². The van der Waals surface area contributed by atoms with Gasteiger partial charge in [0.2, 0.25) is 0 Å². The minimum atomic E-state index is -0.506. The Kier molecular flexibility index (Phi) is 4.50. The fourth-order valence-corrected chi connectivity index (χ4v) is 2.28. The number of rotatable bonds is 1. The summed E-state index contributed by atoms with van der Waals surface area (Å²) in [6, 6.07) is 3.35. The predicted octanol–water partition coefficient (Wildman–Crippen LogP) is 2.62. The first kappa shape index (κ1) is 15.1. The van der Waals surface area contributed by atoms with E-state index < -0.39 is 5.60 Å². The van der Waals surface area contributed by atoms with Gasteiger partial charge in [-0.2, -0.15) is 0 Å². The summed E-state index contributed by atoms with van der Waals surface area (Å²) in [4.78, 5) is 18.3. The Labute approximate surface area is 124 Å². The zero-order valence-corrected chi connectivity index (χ0v) is 12.8. The zero-order chi connectivity index (χ0) is 14.8. The van der Waals surface area contributed by atoms with Crippen molar-refractivity contribution in [1.82, 2.24) is 15.2 Å². The summed E-state index contributed by atoms with van der Waals surface area (Å²) in [6.45, 7) is 7.57. The number of nitrogens with zero attached hydrogens (tertiary/aromatic N) is 2. The highest BCUT2D eigenvalue weighted by molar-refractivity contribution is 6.30. The molecular formula is C14H20ClN3O2. The molecule has 0 radical (unpaired) electrons. The van der Waals surface area contributed by atoms with Crippen molar-refractivity contribution < 1.29 is 9.53 Å². The van der Waals surface area contributed by atoms with Crippen LogP contribution in [-0.2, 0) is 4.74 Å². The van der Waals surface area contributed by atoms with Crippen LogP contribution in [0, 0.1) is 0 Å². The molecule has 110 valence electrons. The quantitative estimate of drug-likeness (QED) is 0.866. The average molecular weight is 298 g/mol. The molecule has 0 aromatic carbocycles. The third-order valence-electron chi connectivity index (χ3n) is 2.96. The molecule has 1 aliphatic rings. The number of aromatic nitrogens is 1. The van der Waals surface area contributed by atoms with Gasteiger partial charge in [0.1, 0.15) is 5.60 Å². The molecule has 0 spiro atoms. The smallest absolute Gasteiger partial charge is 0.410 e. The Bertz CT molecular complexity index is 488. The van der Waals surface area contributed by atoms with E-state index in [1.54, 1.807) is 23.2 Å². The number of halogens is 1. The fraction of sp³-hybridized carbons (Fsp3) is 0.571. The highest BCUT2D eigenvalue weighted by Crippen LogP contribution is 2.24. The van der Waals surface area contributed by atoms with Crippen LogP contribution in [0.25, 0.3) is 0 Å². The molecule has 1 atom stereocenters. The molecular weight excluding hydrogens is 278 g/mol. The van der Waals surface area contributed by atoms with Crippen molar-refractivity contribution in [3.8, 4) is 0 Å². The van der Waals surface area contributed by atoms with Crippen molar-refractivity contribution in [3.05, 3.63) is 29.0 Å². The van der Waals surface area contributed by atoms with Crippen LogP contribution in [0.4, 0.5) is 4.79 Å². The van der Waals surface area contributed by atoms with Gasteiger partial charge in [-0.1, -0.05) is 11.6 Å². The predicted molar refractivity (Wildman–Crippen MR) is 77.8 cm³/mol. The molecule has 1 saturated heterocycles. The Balaban J connectivity index is 2.19. The molecule has 6 heteroatoms. The largest absolute Gasteiger partial charge is 0.444 e. The van der Waals surface area contributed by atoms with E-state index in [-0.39, 0.29) is 12.1 Å². The lowest BCUT2D eigenvalue weighted by molar-refractivity contribution is 0.0113. The summed E-state index contributed by atoms with van der Waals surface area (Å²) < 4.78 is 5.46. The molecule has 1 amide bonds. The van der Waals surface area contributed by atoms with Crippen LogP contribution in [0.3, 0.4) is 0 Å². The van der Waals surface area contributed by atoms with Crippen molar-refractivity contribution in [2.24, 2.45) is 0 Å². The highest BCUT2D eigenvalue weighted by atomic mass is 35.5. The minimum absolute atomic E-state index is 0.155. The summed E-state index contributed by atoms with van der Waals surface area (Å²) in [6.07, 6.45) is 1.34. The Morgan fingerprint density at radius 3 is 2.95 bits per heavy atom. The molecule has 1 unspecified atom stereocenters. The second-order valence-corrected chi connectivity index (χ2v) is 6.23. The summed E-state index contributed by atoms with van der Waals surface area (Å²) in [7, 11) is 0. The van der Waals surface area contributed by atoms with Crippen LogP contribution < -0.4 is 5.32 Å². The normalized spacial score (nSPS) is 19.8. The summed E-state index contributed by atoms with van der Waals surface area (Å²) in [5.41, 5.74) is 0.268. The van der Waals surface area contributed by atoms with E-state index in [0.29, 0.717) is 18.1 Å². The lowest BCUT2D eigenvalue weighted by atomic mass is 10.1. The number of piperazine rings is 1. The third kappa shape index (κ3) is 3.84. The lowest BCUT2D eigenvalue weighted by Gasteiger charge is -2.36. The molecule has 2 heterocycles. The Morgan fingerprint density at radius 1 is 1.55 bits per heavy atom. The van der Waals surface area contributed by atoms with Crippen molar-refractivity contribution in [2.75, 3.05) is 19.6 Å². The number of nitrogens with one attached hydrogen (secondary N) is 1. The molecule has 1 aliphatic heterocycles. The van der Waals surface area contributed by atoms with Crippen LogP contribution in [0.2, 0.25) is 5.02 Å². The number of pyridine rings is 1. The molecule has 0 saturated carbocycles. The minimum Gasteiger partial charge on any atom is -0.444 e. The van der Waals surface area contributed by atoms with Crippen LogP contribution >= 0.6 is 11.6 Å². The van der Waals surface area contributed by atoms with Gasteiger partial charge in [-0.15, -0.1) is 0 Å². The standard InChI is InChI=1S/C14H20ClN3O2/c1-14(2,3)20-13(19)18-7-6-16-9-12(18)11-8-10(15)4-5-17-11/h4-5,8,12,16H,6-7,9H2,1-3H3. The number of hydrogen-bond acceptors (Lipinski definition) is 4. The number of hydrogen-bond donors (Lipinski definition) is 1. The van der Waals surface area contributed by atoms with E-state index in [2.05, 4.69) is 10.3 Å². The van der Waals surface area contributed by atoms with E-state index in [4.69, 9.17) is 16.3 Å². The first-order chi connectivity index (χ1) is 9.37. The van der Waals surface area contributed by atoms with Gasteiger partial charge in [0.25, 0.3) is 0 Å². The van der Waals surface area contributed by atoms with Gasteiger partial charge in [-0.05, 0) is 32.9 Å². The van der Waals surface area contributed by atoms with Gasteiger partial charge in [-0.3, -0.25) is 9.88 Å². The molecule has 5 nitrogen and oxygen atoms in total. The van der Waals surface area contributed by atoms with Crippen molar-refractivity contribution >= 4 is 17.7 Å². The topological polar surface area (TPSA) is 54.5 Å². The van der Waals surface area contributed by atoms with E-state index in [9.17, 15) is 4.79 Å². The van der Waals surface area contributed by atoms with Gasteiger partial charge >= 0.3 is 6.09 Å². The number of carbonyl (C=O) groups is 1.